The number of nitrogens with one attached hydrogen (secondary N) is 1. The third-order valence-electron chi connectivity index (χ3n) is 3.55. The van der Waals surface area contributed by atoms with Crippen LogP contribution in [0.1, 0.15) is 73.1 Å². The van der Waals surface area contributed by atoms with Gasteiger partial charge in [0.1, 0.15) is 0 Å². The Balaban J connectivity index is 3.49. The molecule has 0 aromatic heterocycles. The molecular formula is C16H34N2O. The molecule has 0 aliphatic carbocycles. The number of nitrogens with two attached hydrogens (primary N) is 1. The van der Waals surface area contributed by atoms with E-state index in [4.69, 9.17) is 5.73 Å². The van der Waals surface area contributed by atoms with E-state index in [1.54, 1.807) is 0 Å². The molecule has 3 N–H and O–H groups in total. The Labute approximate surface area is 119 Å². The van der Waals surface area contributed by atoms with Gasteiger partial charge in [0.2, 0.25) is 5.91 Å². The normalized spacial score (nSPS) is 13.6. The van der Waals surface area contributed by atoms with Gasteiger partial charge in [-0.3, -0.25) is 4.79 Å². The van der Waals surface area contributed by atoms with E-state index >= 15 is 0 Å². The summed E-state index contributed by atoms with van der Waals surface area (Å²) in [5, 5.41) is 2.97. The molecule has 0 aromatic carbocycles. The summed E-state index contributed by atoms with van der Waals surface area (Å²) in [6.07, 6.45) is 6.60. The lowest BCUT2D eigenvalue weighted by Crippen LogP contribution is -2.40. The molecule has 3 nitrogen and oxygen atoms in total. The second kappa shape index (κ2) is 9.35. The van der Waals surface area contributed by atoms with Crippen molar-refractivity contribution in [2.24, 2.45) is 17.1 Å². The number of hydrogen-bond donors (Lipinski definition) is 2. The highest BCUT2D eigenvalue weighted by molar-refractivity contribution is 5.76. The molecule has 1 unspecified atom stereocenters. The molecule has 3 heteroatoms. The summed E-state index contributed by atoms with van der Waals surface area (Å²) in [6, 6.07) is -0.0708. The van der Waals surface area contributed by atoms with Crippen molar-refractivity contribution in [1.82, 2.24) is 5.32 Å². The van der Waals surface area contributed by atoms with Gasteiger partial charge in [-0.1, -0.05) is 60.3 Å². The number of rotatable bonds is 9. The molecular weight excluding hydrogens is 236 g/mol. The minimum Gasteiger partial charge on any atom is -0.356 e. The van der Waals surface area contributed by atoms with E-state index in [1.165, 1.54) is 25.7 Å². The van der Waals surface area contributed by atoms with Gasteiger partial charge in [-0.15, -0.1) is 0 Å². The maximum atomic E-state index is 11.7. The summed E-state index contributed by atoms with van der Waals surface area (Å²) in [5.41, 5.74) is 5.98. The number of amides is 1. The van der Waals surface area contributed by atoms with Gasteiger partial charge in [0, 0.05) is 19.0 Å². The van der Waals surface area contributed by atoms with Crippen LogP contribution in [0.25, 0.3) is 0 Å². The molecule has 0 saturated heterocycles. The average molecular weight is 270 g/mol. The fourth-order valence-corrected chi connectivity index (χ4v) is 1.84. The van der Waals surface area contributed by atoms with Gasteiger partial charge >= 0.3 is 0 Å². The third-order valence-corrected chi connectivity index (χ3v) is 3.55. The zero-order chi connectivity index (χ0) is 14.9. The average Bonchev–Trinajstić information content (AvgIpc) is 2.25. The molecule has 0 aliphatic heterocycles. The molecule has 1 atom stereocenters. The first-order chi connectivity index (χ1) is 8.73. The quantitative estimate of drug-likeness (QED) is 0.630. The lowest BCUT2D eigenvalue weighted by molar-refractivity contribution is -0.121. The van der Waals surface area contributed by atoms with Crippen molar-refractivity contribution in [3.05, 3.63) is 0 Å². The SMILES string of the molecule is CC(C)CCCCCCNC(=O)CC(N)C(C)(C)C. The predicted molar refractivity (Wildman–Crippen MR) is 83.0 cm³/mol. The van der Waals surface area contributed by atoms with E-state index in [0.29, 0.717) is 6.42 Å². The van der Waals surface area contributed by atoms with Gasteiger partial charge in [0.15, 0.2) is 0 Å². The Hall–Kier alpha value is -0.570. The first kappa shape index (κ1) is 18.4. The van der Waals surface area contributed by atoms with Crippen LogP contribution in [0.2, 0.25) is 0 Å². The molecule has 0 radical (unpaired) electrons. The summed E-state index contributed by atoms with van der Waals surface area (Å²) in [6.45, 7) is 11.5. The number of hydrogen-bond acceptors (Lipinski definition) is 2. The molecule has 19 heavy (non-hydrogen) atoms. The van der Waals surface area contributed by atoms with Crippen LogP contribution in [-0.4, -0.2) is 18.5 Å². The van der Waals surface area contributed by atoms with Crippen molar-refractivity contribution in [3.63, 3.8) is 0 Å². The zero-order valence-electron chi connectivity index (χ0n) is 13.6. The molecule has 0 spiro atoms. The molecule has 0 aromatic rings. The summed E-state index contributed by atoms with van der Waals surface area (Å²) < 4.78 is 0. The van der Waals surface area contributed by atoms with Crippen molar-refractivity contribution in [1.29, 1.82) is 0 Å². The lowest BCUT2D eigenvalue weighted by Gasteiger charge is -2.26. The van der Waals surface area contributed by atoms with Gasteiger partial charge < -0.3 is 11.1 Å². The van der Waals surface area contributed by atoms with Crippen LogP contribution < -0.4 is 11.1 Å². The lowest BCUT2D eigenvalue weighted by atomic mass is 9.85. The minimum atomic E-state index is -0.0708. The van der Waals surface area contributed by atoms with E-state index in [2.05, 4.69) is 39.9 Å². The van der Waals surface area contributed by atoms with Crippen molar-refractivity contribution in [3.8, 4) is 0 Å². The highest BCUT2D eigenvalue weighted by Crippen LogP contribution is 2.19. The standard InChI is InChI=1S/C16H34N2O/c1-13(2)10-8-6-7-9-11-18-15(19)12-14(17)16(3,4)5/h13-14H,6-12,17H2,1-5H3,(H,18,19). The van der Waals surface area contributed by atoms with E-state index in [-0.39, 0.29) is 17.4 Å². The highest BCUT2D eigenvalue weighted by Gasteiger charge is 2.22. The van der Waals surface area contributed by atoms with E-state index in [0.717, 1.165) is 18.9 Å². The third kappa shape index (κ3) is 11.0. The van der Waals surface area contributed by atoms with Crippen LogP contribution in [-0.2, 0) is 4.79 Å². The number of unbranched alkanes of at least 4 members (excludes halogenated alkanes) is 3. The Morgan fingerprint density at radius 1 is 1.11 bits per heavy atom. The Morgan fingerprint density at radius 3 is 2.21 bits per heavy atom. The van der Waals surface area contributed by atoms with Crippen molar-refractivity contribution >= 4 is 5.91 Å². The molecule has 114 valence electrons. The second-order valence-corrected chi connectivity index (χ2v) is 7.12. The Bertz CT molecular complexity index is 244. The van der Waals surface area contributed by atoms with Gasteiger partial charge in [-0.25, -0.2) is 0 Å². The number of carbonyl (C=O) groups excluding carboxylic acids is 1. The van der Waals surface area contributed by atoms with E-state index in [9.17, 15) is 4.79 Å². The highest BCUT2D eigenvalue weighted by atomic mass is 16.1. The van der Waals surface area contributed by atoms with Crippen LogP contribution in [0, 0.1) is 11.3 Å². The van der Waals surface area contributed by atoms with Crippen LogP contribution >= 0.6 is 0 Å². The molecule has 0 heterocycles. The van der Waals surface area contributed by atoms with Gasteiger partial charge in [-0.2, -0.15) is 0 Å². The molecule has 0 aliphatic rings. The van der Waals surface area contributed by atoms with E-state index in [1.807, 2.05) is 0 Å². The molecule has 0 rings (SSSR count). The zero-order valence-corrected chi connectivity index (χ0v) is 13.6. The van der Waals surface area contributed by atoms with Crippen LogP contribution in [0.15, 0.2) is 0 Å². The monoisotopic (exact) mass is 270 g/mol. The maximum Gasteiger partial charge on any atom is 0.221 e. The summed E-state index contributed by atoms with van der Waals surface area (Å²) in [4.78, 5) is 11.7. The van der Waals surface area contributed by atoms with E-state index < -0.39 is 0 Å². The summed E-state index contributed by atoms with van der Waals surface area (Å²) in [7, 11) is 0. The van der Waals surface area contributed by atoms with Crippen molar-refractivity contribution in [2.75, 3.05) is 6.54 Å². The van der Waals surface area contributed by atoms with Crippen molar-refractivity contribution < 1.29 is 4.79 Å². The topological polar surface area (TPSA) is 55.1 Å². The second-order valence-electron chi connectivity index (χ2n) is 7.12. The van der Waals surface area contributed by atoms with Crippen LogP contribution in [0.3, 0.4) is 0 Å². The smallest absolute Gasteiger partial charge is 0.221 e. The summed E-state index contributed by atoms with van der Waals surface area (Å²) >= 11 is 0. The minimum absolute atomic E-state index is 0.00577. The first-order valence-electron chi connectivity index (χ1n) is 7.75. The molecule has 1 amide bonds. The van der Waals surface area contributed by atoms with Crippen LogP contribution in [0.4, 0.5) is 0 Å². The van der Waals surface area contributed by atoms with Gasteiger partial charge in [0.05, 0.1) is 0 Å². The predicted octanol–water partition coefficient (Wildman–Crippen LogP) is 3.47. The molecule has 0 saturated carbocycles. The summed E-state index contributed by atoms with van der Waals surface area (Å²) in [5.74, 6) is 0.892. The van der Waals surface area contributed by atoms with Crippen LogP contribution in [0.5, 0.6) is 0 Å². The Morgan fingerprint density at radius 2 is 1.68 bits per heavy atom. The maximum absolute atomic E-state index is 11.7. The van der Waals surface area contributed by atoms with Crippen molar-refractivity contribution in [2.45, 2.75) is 79.2 Å². The molecule has 0 bridgehead atoms. The molecule has 0 fully saturated rings. The largest absolute Gasteiger partial charge is 0.356 e. The van der Waals surface area contributed by atoms with Gasteiger partial charge in [-0.05, 0) is 17.8 Å². The fourth-order valence-electron chi connectivity index (χ4n) is 1.84. The van der Waals surface area contributed by atoms with Gasteiger partial charge in [0.25, 0.3) is 0 Å². The first-order valence-corrected chi connectivity index (χ1v) is 7.75. The number of carbonyl (C=O) groups is 1. The Kier molecular flexibility index (Phi) is 9.07. The fraction of sp³-hybridized carbons (Fsp3) is 0.938.